The van der Waals surface area contributed by atoms with Crippen molar-refractivity contribution in [3.8, 4) is 0 Å². The number of aliphatic imine (C=N–C) groups is 1. The van der Waals surface area contributed by atoms with E-state index in [0.717, 1.165) is 29.5 Å². The van der Waals surface area contributed by atoms with Gasteiger partial charge in [-0.3, -0.25) is 9.79 Å². The maximum absolute atomic E-state index is 13.6. The average Bonchev–Trinajstić information content (AvgIpc) is 3.44. The summed E-state index contributed by atoms with van der Waals surface area (Å²) in [6.45, 7) is 0.621. The summed E-state index contributed by atoms with van der Waals surface area (Å²) in [4.78, 5) is 17.2. The lowest BCUT2D eigenvalue weighted by Gasteiger charge is -2.24. The van der Waals surface area contributed by atoms with Gasteiger partial charge in [-0.25, -0.2) is 4.39 Å². The summed E-state index contributed by atoms with van der Waals surface area (Å²) in [5.41, 5.74) is 2.94. The van der Waals surface area contributed by atoms with Gasteiger partial charge in [0.15, 0.2) is 0 Å². The number of rotatable bonds is 4. The number of nitrogens with one attached hydrogen (secondary N) is 1. The van der Waals surface area contributed by atoms with Crippen LogP contribution in [0.2, 0.25) is 0 Å². The highest BCUT2D eigenvalue weighted by molar-refractivity contribution is 6.00. The zero-order valence-electron chi connectivity index (χ0n) is 13.3. The third-order valence-electron chi connectivity index (χ3n) is 4.79. The lowest BCUT2D eigenvalue weighted by molar-refractivity contribution is -0.122. The molecule has 1 fully saturated rings. The van der Waals surface area contributed by atoms with Crippen LogP contribution in [0.1, 0.15) is 41.5 Å². The van der Waals surface area contributed by atoms with Crippen LogP contribution in [0.15, 0.2) is 53.5 Å². The molecule has 1 N–H and O–H groups in total. The molecule has 0 spiro atoms. The lowest BCUT2D eigenvalue weighted by atomic mass is 9.91. The fourth-order valence-corrected chi connectivity index (χ4v) is 3.37. The van der Waals surface area contributed by atoms with Crippen molar-refractivity contribution in [3.63, 3.8) is 0 Å². The monoisotopic (exact) mass is 322 g/mol. The number of fused-ring (bicyclic) bond motifs is 1. The fourth-order valence-electron chi connectivity index (χ4n) is 3.37. The van der Waals surface area contributed by atoms with Gasteiger partial charge < -0.3 is 5.32 Å². The summed E-state index contributed by atoms with van der Waals surface area (Å²) in [6.07, 6.45) is 3.86. The topological polar surface area (TPSA) is 41.5 Å². The van der Waals surface area contributed by atoms with Crippen molar-refractivity contribution in [2.75, 3.05) is 0 Å². The first kappa shape index (κ1) is 15.1. The summed E-state index contributed by atoms with van der Waals surface area (Å²) in [5.74, 6) is -0.305. The van der Waals surface area contributed by atoms with Crippen LogP contribution in [0, 0.1) is 11.7 Å². The Hall–Kier alpha value is -2.49. The van der Waals surface area contributed by atoms with Crippen LogP contribution in [-0.2, 0) is 11.3 Å². The van der Waals surface area contributed by atoms with Crippen molar-refractivity contribution in [1.29, 1.82) is 0 Å². The van der Waals surface area contributed by atoms with Crippen molar-refractivity contribution < 1.29 is 9.18 Å². The summed E-state index contributed by atoms with van der Waals surface area (Å²) in [7, 11) is 0. The van der Waals surface area contributed by atoms with E-state index in [4.69, 9.17) is 0 Å². The van der Waals surface area contributed by atoms with Crippen LogP contribution in [0.4, 0.5) is 4.39 Å². The molecule has 24 heavy (non-hydrogen) atoms. The van der Waals surface area contributed by atoms with Gasteiger partial charge >= 0.3 is 0 Å². The predicted molar refractivity (Wildman–Crippen MR) is 91.4 cm³/mol. The van der Waals surface area contributed by atoms with E-state index in [1.807, 2.05) is 30.3 Å². The molecule has 0 bridgehead atoms. The molecular weight excluding hydrogens is 303 g/mol. The third-order valence-corrected chi connectivity index (χ3v) is 4.79. The molecule has 1 unspecified atom stereocenters. The number of halogens is 1. The van der Waals surface area contributed by atoms with Gasteiger partial charge in [-0.05, 0) is 47.6 Å². The summed E-state index contributed by atoms with van der Waals surface area (Å²) in [6, 6.07) is 14.3. The first-order valence-corrected chi connectivity index (χ1v) is 8.36. The molecule has 1 saturated carbocycles. The Morgan fingerprint density at radius 3 is 2.79 bits per heavy atom. The molecule has 1 aliphatic carbocycles. The van der Waals surface area contributed by atoms with E-state index >= 15 is 0 Å². The van der Waals surface area contributed by atoms with Crippen molar-refractivity contribution in [2.24, 2.45) is 10.9 Å². The van der Waals surface area contributed by atoms with Crippen molar-refractivity contribution in [1.82, 2.24) is 5.32 Å². The minimum atomic E-state index is -0.371. The maximum Gasteiger partial charge on any atom is 0.233 e. The fraction of sp³-hybridized carbons (Fsp3) is 0.300. The number of hydrogen-bond acceptors (Lipinski definition) is 2. The average molecular weight is 322 g/mol. The highest BCUT2D eigenvalue weighted by Gasteiger charge is 2.35. The second-order valence-corrected chi connectivity index (χ2v) is 6.54. The van der Waals surface area contributed by atoms with Crippen LogP contribution in [0.3, 0.4) is 0 Å². The number of carbonyl (C=O) groups is 1. The van der Waals surface area contributed by atoms with E-state index < -0.39 is 0 Å². The van der Waals surface area contributed by atoms with E-state index in [1.54, 1.807) is 12.3 Å². The lowest BCUT2D eigenvalue weighted by Crippen LogP contribution is -2.35. The molecule has 0 radical (unpaired) electrons. The molecule has 0 saturated heterocycles. The molecule has 2 aromatic rings. The second-order valence-electron chi connectivity index (χ2n) is 6.54. The Bertz CT molecular complexity index is 798. The molecule has 4 rings (SSSR count). The predicted octanol–water partition coefficient (Wildman–Crippen LogP) is 3.76. The number of amides is 1. The van der Waals surface area contributed by atoms with Gasteiger partial charge in [0.05, 0.1) is 18.5 Å². The maximum atomic E-state index is 13.6. The van der Waals surface area contributed by atoms with E-state index in [0.29, 0.717) is 12.5 Å². The molecule has 2 atom stereocenters. The molecule has 3 nitrogen and oxygen atoms in total. The molecule has 2 aliphatic rings. The van der Waals surface area contributed by atoms with Gasteiger partial charge in [-0.1, -0.05) is 36.4 Å². The highest BCUT2D eigenvalue weighted by atomic mass is 19.1. The van der Waals surface area contributed by atoms with Gasteiger partial charge in [0, 0.05) is 6.21 Å². The van der Waals surface area contributed by atoms with Crippen molar-refractivity contribution in [2.45, 2.75) is 31.3 Å². The summed E-state index contributed by atoms with van der Waals surface area (Å²) in [5, 5.41) is 3.14. The van der Waals surface area contributed by atoms with E-state index in [-0.39, 0.29) is 23.7 Å². The molecule has 1 aliphatic heterocycles. The number of nitrogens with zero attached hydrogens (tertiary/aromatic N) is 1. The SMILES string of the molecule is O=C(N[C@H](c1cccc(F)c1)C1CC1)C1C=NCc2ccccc21. The zero-order chi connectivity index (χ0) is 16.5. The van der Waals surface area contributed by atoms with Crippen LogP contribution >= 0.6 is 0 Å². The molecular formula is C20H19FN2O. The first-order valence-electron chi connectivity index (χ1n) is 8.36. The minimum Gasteiger partial charge on any atom is -0.348 e. The standard InChI is InChI=1S/C20H19FN2O/c21-16-6-3-5-14(10-16)19(13-8-9-13)23-20(24)18-12-22-11-15-4-1-2-7-17(15)18/h1-7,10,12-13,18-19H,8-9,11H2,(H,23,24)/t18?,19-/m0/s1. The van der Waals surface area contributed by atoms with Crippen molar-refractivity contribution >= 4 is 12.1 Å². The van der Waals surface area contributed by atoms with Crippen LogP contribution in [-0.4, -0.2) is 12.1 Å². The molecule has 4 heteroatoms. The Kier molecular flexibility index (Phi) is 3.89. The first-order chi connectivity index (χ1) is 11.7. The van der Waals surface area contributed by atoms with E-state index in [9.17, 15) is 9.18 Å². The Balaban J connectivity index is 1.58. The van der Waals surface area contributed by atoms with Crippen LogP contribution < -0.4 is 5.32 Å². The molecule has 1 heterocycles. The number of benzene rings is 2. The van der Waals surface area contributed by atoms with Gasteiger partial charge in [0.25, 0.3) is 0 Å². The molecule has 122 valence electrons. The molecule has 0 aromatic heterocycles. The van der Waals surface area contributed by atoms with Crippen LogP contribution in [0.5, 0.6) is 0 Å². The highest BCUT2D eigenvalue weighted by Crippen LogP contribution is 2.41. The van der Waals surface area contributed by atoms with E-state index in [2.05, 4.69) is 10.3 Å². The molecule has 1 amide bonds. The molecule has 2 aromatic carbocycles. The van der Waals surface area contributed by atoms with Gasteiger partial charge in [-0.2, -0.15) is 0 Å². The Morgan fingerprint density at radius 1 is 1.17 bits per heavy atom. The van der Waals surface area contributed by atoms with Crippen molar-refractivity contribution in [3.05, 3.63) is 71.0 Å². The quantitative estimate of drug-likeness (QED) is 0.915. The summed E-state index contributed by atoms with van der Waals surface area (Å²) >= 11 is 0. The van der Waals surface area contributed by atoms with Crippen LogP contribution in [0.25, 0.3) is 0 Å². The van der Waals surface area contributed by atoms with Gasteiger partial charge in [0.1, 0.15) is 5.82 Å². The number of carbonyl (C=O) groups excluding carboxylic acids is 1. The largest absolute Gasteiger partial charge is 0.348 e. The third kappa shape index (κ3) is 2.96. The summed E-state index contributed by atoms with van der Waals surface area (Å²) < 4.78 is 13.6. The van der Waals surface area contributed by atoms with Gasteiger partial charge in [0.2, 0.25) is 5.91 Å². The number of hydrogen-bond donors (Lipinski definition) is 1. The Morgan fingerprint density at radius 2 is 2.00 bits per heavy atom. The normalized spacial score (nSPS) is 20.3. The van der Waals surface area contributed by atoms with Gasteiger partial charge in [-0.15, -0.1) is 0 Å². The smallest absolute Gasteiger partial charge is 0.233 e. The zero-order valence-corrected chi connectivity index (χ0v) is 13.3. The second kappa shape index (κ2) is 6.19. The minimum absolute atomic E-state index is 0.0629. The Labute approximate surface area is 140 Å². The van der Waals surface area contributed by atoms with E-state index in [1.165, 1.54) is 12.1 Å².